The second-order valence-electron chi connectivity index (χ2n) is 4.94. The normalized spacial score (nSPS) is 14.4. The molecule has 1 aromatic heterocycles. The molecule has 0 amide bonds. The van der Waals surface area contributed by atoms with Crippen molar-refractivity contribution < 1.29 is 9.90 Å². The van der Waals surface area contributed by atoms with Gasteiger partial charge < -0.3 is 10.0 Å². The molecule has 0 bridgehead atoms. The van der Waals surface area contributed by atoms with Gasteiger partial charge in [0.05, 0.1) is 0 Å². The molecule has 6 heteroatoms. The van der Waals surface area contributed by atoms with E-state index in [0.717, 1.165) is 31.5 Å². The molecule has 1 aliphatic heterocycles. The Balaban J connectivity index is 2.06. The van der Waals surface area contributed by atoms with E-state index in [-0.39, 0.29) is 5.69 Å². The number of hydrogen-bond acceptors (Lipinski definition) is 4. The topological polar surface area (TPSA) is 66.3 Å². The SMILES string of the molecule is O=C(O)c1cc(N2CCCC2)nc(-c2ccc(Cl)cc2)n1. The van der Waals surface area contributed by atoms with Gasteiger partial charge in [-0.25, -0.2) is 14.8 Å². The van der Waals surface area contributed by atoms with E-state index in [4.69, 9.17) is 11.6 Å². The summed E-state index contributed by atoms with van der Waals surface area (Å²) in [6.45, 7) is 1.80. The number of halogens is 1. The maximum atomic E-state index is 11.3. The number of nitrogens with zero attached hydrogens (tertiary/aromatic N) is 3. The minimum absolute atomic E-state index is 0.0110. The van der Waals surface area contributed by atoms with Gasteiger partial charge in [-0.05, 0) is 37.1 Å². The second-order valence-corrected chi connectivity index (χ2v) is 5.38. The molecule has 3 rings (SSSR count). The third kappa shape index (κ3) is 2.97. The second kappa shape index (κ2) is 5.69. The zero-order valence-corrected chi connectivity index (χ0v) is 12.0. The van der Waals surface area contributed by atoms with Crippen molar-refractivity contribution in [2.45, 2.75) is 12.8 Å². The van der Waals surface area contributed by atoms with Crippen molar-refractivity contribution in [2.24, 2.45) is 0 Å². The van der Waals surface area contributed by atoms with Crippen LogP contribution in [0, 0.1) is 0 Å². The van der Waals surface area contributed by atoms with Gasteiger partial charge in [-0.3, -0.25) is 0 Å². The molecule has 1 saturated heterocycles. The van der Waals surface area contributed by atoms with Gasteiger partial charge in [0.1, 0.15) is 5.82 Å². The van der Waals surface area contributed by atoms with Crippen molar-refractivity contribution in [3.63, 3.8) is 0 Å². The summed E-state index contributed by atoms with van der Waals surface area (Å²) in [5.41, 5.74) is 0.764. The minimum Gasteiger partial charge on any atom is -0.477 e. The van der Waals surface area contributed by atoms with Crippen molar-refractivity contribution in [3.8, 4) is 11.4 Å². The first-order valence-corrected chi connectivity index (χ1v) is 7.14. The number of aromatic carboxylic acids is 1. The van der Waals surface area contributed by atoms with Crippen LogP contribution in [0.1, 0.15) is 23.3 Å². The first kappa shape index (κ1) is 13.8. The number of anilines is 1. The molecule has 2 aromatic rings. The lowest BCUT2D eigenvalue weighted by Crippen LogP contribution is -2.20. The molecule has 0 radical (unpaired) electrons. The standard InChI is InChI=1S/C15H14ClN3O2/c16-11-5-3-10(4-6-11)14-17-12(15(20)21)9-13(18-14)19-7-1-2-8-19/h3-6,9H,1-2,7-8H2,(H,20,21). The third-order valence-corrected chi connectivity index (χ3v) is 3.72. The molecule has 1 aromatic carbocycles. The fourth-order valence-corrected chi connectivity index (χ4v) is 2.51. The molecule has 1 fully saturated rings. The van der Waals surface area contributed by atoms with Crippen LogP contribution < -0.4 is 4.90 Å². The van der Waals surface area contributed by atoms with Gasteiger partial charge in [0.15, 0.2) is 11.5 Å². The van der Waals surface area contributed by atoms with Crippen molar-refractivity contribution >= 4 is 23.4 Å². The van der Waals surface area contributed by atoms with Crippen LogP contribution in [0.2, 0.25) is 5.02 Å². The summed E-state index contributed by atoms with van der Waals surface area (Å²) < 4.78 is 0. The molecule has 0 unspecified atom stereocenters. The monoisotopic (exact) mass is 303 g/mol. The molecule has 108 valence electrons. The zero-order chi connectivity index (χ0) is 14.8. The lowest BCUT2D eigenvalue weighted by Gasteiger charge is -2.17. The number of aromatic nitrogens is 2. The van der Waals surface area contributed by atoms with Crippen LogP contribution in [0.25, 0.3) is 11.4 Å². The maximum absolute atomic E-state index is 11.3. The van der Waals surface area contributed by atoms with Crippen molar-refractivity contribution in [1.29, 1.82) is 0 Å². The molecule has 0 aliphatic carbocycles. The van der Waals surface area contributed by atoms with Crippen molar-refractivity contribution in [3.05, 3.63) is 41.0 Å². The van der Waals surface area contributed by atoms with Crippen molar-refractivity contribution in [2.75, 3.05) is 18.0 Å². The Bertz CT molecular complexity index is 667. The highest BCUT2D eigenvalue weighted by Gasteiger charge is 2.18. The summed E-state index contributed by atoms with van der Waals surface area (Å²) >= 11 is 5.87. The van der Waals surface area contributed by atoms with Crippen molar-refractivity contribution in [1.82, 2.24) is 9.97 Å². The summed E-state index contributed by atoms with van der Waals surface area (Å²) in [6.07, 6.45) is 2.20. The Morgan fingerprint density at radius 3 is 2.43 bits per heavy atom. The summed E-state index contributed by atoms with van der Waals surface area (Å²) in [4.78, 5) is 22.0. The Hall–Kier alpha value is -2.14. The van der Waals surface area contributed by atoms with E-state index in [1.165, 1.54) is 6.07 Å². The number of carboxylic acid groups (broad SMARTS) is 1. The molecule has 0 saturated carbocycles. The molecular weight excluding hydrogens is 290 g/mol. The van der Waals surface area contributed by atoms with Gasteiger partial charge in [-0.2, -0.15) is 0 Å². The van der Waals surface area contributed by atoms with E-state index in [9.17, 15) is 9.90 Å². The van der Waals surface area contributed by atoms with E-state index >= 15 is 0 Å². The van der Waals surface area contributed by atoms with Crippen LogP contribution in [-0.2, 0) is 0 Å². The van der Waals surface area contributed by atoms with Crippen LogP contribution in [0.5, 0.6) is 0 Å². The average Bonchev–Trinajstić information content (AvgIpc) is 3.02. The first-order valence-electron chi connectivity index (χ1n) is 6.77. The number of hydrogen-bond donors (Lipinski definition) is 1. The van der Waals surface area contributed by atoms with Crippen LogP contribution in [-0.4, -0.2) is 34.1 Å². The molecule has 1 N–H and O–H groups in total. The highest BCUT2D eigenvalue weighted by molar-refractivity contribution is 6.30. The van der Waals surface area contributed by atoms with Crippen LogP contribution in [0.15, 0.2) is 30.3 Å². The average molecular weight is 304 g/mol. The molecule has 0 atom stereocenters. The summed E-state index contributed by atoms with van der Waals surface area (Å²) in [5.74, 6) is 0.0337. The molecule has 1 aliphatic rings. The Morgan fingerprint density at radius 1 is 1.14 bits per heavy atom. The molecule has 2 heterocycles. The molecule has 5 nitrogen and oxygen atoms in total. The Labute approximate surface area is 127 Å². The predicted octanol–water partition coefficient (Wildman–Crippen LogP) is 3.10. The van der Waals surface area contributed by atoms with Crippen LogP contribution >= 0.6 is 11.6 Å². The van der Waals surface area contributed by atoms with Gasteiger partial charge in [-0.1, -0.05) is 11.6 Å². The number of carboxylic acids is 1. The lowest BCUT2D eigenvalue weighted by molar-refractivity contribution is 0.0690. The van der Waals surface area contributed by atoms with E-state index in [0.29, 0.717) is 16.7 Å². The number of rotatable bonds is 3. The Morgan fingerprint density at radius 2 is 1.81 bits per heavy atom. The fourth-order valence-electron chi connectivity index (χ4n) is 2.38. The van der Waals surface area contributed by atoms with Gasteiger partial charge in [0.2, 0.25) is 0 Å². The predicted molar refractivity (Wildman–Crippen MR) is 80.9 cm³/mol. The van der Waals surface area contributed by atoms with E-state index in [2.05, 4.69) is 14.9 Å². The smallest absolute Gasteiger partial charge is 0.354 e. The first-order chi connectivity index (χ1) is 10.1. The molecule has 21 heavy (non-hydrogen) atoms. The molecular formula is C15H14ClN3O2. The number of carbonyl (C=O) groups is 1. The minimum atomic E-state index is -1.05. The van der Waals surface area contributed by atoms with Crippen LogP contribution in [0.3, 0.4) is 0 Å². The van der Waals surface area contributed by atoms with E-state index < -0.39 is 5.97 Å². The number of benzene rings is 1. The van der Waals surface area contributed by atoms with Gasteiger partial charge in [0.25, 0.3) is 0 Å². The Kier molecular flexibility index (Phi) is 3.75. The van der Waals surface area contributed by atoms with Crippen LogP contribution in [0.4, 0.5) is 5.82 Å². The largest absolute Gasteiger partial charge is 0.477 e. The molecule has 0 spiro atoms. The highest BCUT2D eigenvalue weighted by atomic mass is 35.5. The van der Waals surface area contributed by atoms with Gasteiger partial charge in [-0.15, -0.1) is 0 Å². The zero-order valence-electron chi connectivity index (χ0n) is 11.3. The summed E-state index contributed by atoms with van der Waals surface area (Å²) in [6, 6.07) is 8.59. The van der Waals surface area contributed by atoms with E-state index in [1.54, 1.807) is 24.3 Å². The highest BCUT2D eigenvalue weighted by Crippen LogP contribution is 2.24. The lowest BCUT2D eigenvalue weighted by atomic mass is 10.2. The maximum Gasteiger partial charge on any atom is 0.354 e. The van der Waals surface area contributed by atoms with E-state index in [1.807, 2.05) is 0 Å². The summed E-state index contributed by atoms with van der Waals surface area (Å²) in [5, 5.41) is 9.86. The fraction of sp³-hybridized carbons (Fsp3) is 0.267. The third-order valence-electron chi connectivity index (χ3n) is 3.46. The van der Waals surface area contributed by atoms with Gasteiger partial charge in [0, 0.05) is 29.7 Å². The summed E-state index contributed by atoms with van der Waals surface area (Å²) in [7, 11) is 0. The quantitative estimate of drug-likeness (QED) is 0.944. The van der Waals surface area contributed by atoms with Gasteiger partial charge >= 0.3 is 5.97 Å².